The largest absolute Gasteiger partial charge is 0.462 e. The molecule has 1 saturated carbocycles. The van der Waals surface area contributed by atoms with Gasteiger partial charge >= 0.3 is 23.9 Å². The van der Waals surface area contributed by atoms with Crippen molar-refractivity contribution in [1.82, 2.24) is 0 Å². The van der Waals surface area contributed by atoms with Gasteiger partial charge in [-0.05, 0) is 57.4 Å². The lowest BCUT2D eigenvalue weighted by Gasteiger charge is -2.41. The molecule has 0 aromatic heterocycles. The van der Waals surface area contributed by atoms with Crippen molar-refractivity contribution in [2.45, 2.75) is 122 Å². The monoisotopic (exact) mass is 688 g/mol. The predicted octanol–water partition coefficient (Wildman–Crippen LogP) is 1.89. The number of fused-ring (bicyclic) bond motifs is 3. The number of Topliss-reactive ketones (excluding diaryl/α,β-unsaturated/α-hetero) is 1. The molecule has 15 atom stereocenters. The molecule has 3 N–H and O–H groups in total. The Morgan fingerprint density at radius 2 is 1.67 bits per heavy atom. The molecule has 0 bridgehead atoms. The van der Waals surface area contributed by atoms with Gasteiger partial charge in [0.05, 0.1) is 36.1 Å². The molecule has 13 heteroatoms. The molecule has 13 nitrogen and oxygen atoms in total. The Hall–Kier alpha value is -3.39. The highest BCUT2D eigenvalue weighted by Crippen LogP contribution is 2.48. The Morgan fingerprint density at radius 1 is 1.02 bits per heavy atom. The number of rotatable bonds is 5. The molecule has 0 amide bonds. The number of carbonyl (C=O) groups excluding carboxylic acids is 5. The first-order valence-corrected chi connectivity index (χ1v) is 16.9. The zero-order chi connectivity index (χ0) is 36.3. The molecule has 0 spiro atoms. The van der Waals surface area contributed by atoms with Crippen LogP contribution >= 0.6 is 0 Å². The van der Waals surface area contributed by atoms with E-state index in [4.69, 9.17) is 23.7 Å². The third-order valence-corrected chi connectivity index (χ3v) is 11.1. The zero-order valence-corrected chi connectivity index (χ0v) is 28.8. The van der Waals surface area contributed by atoms with Crippen LogP contribution in [0.1, 0.15) is 67.2 Å². The Labute approximate surface area is 285 Å². The normalized spacial score (nSPS) is 45.0. The summed E-state index contributed by atoms with van der Waals surface area (Å²) in [5, 5.41) is 34.1. The van der Waals surface area contributed by atoms with E-state index in [-0.39, 0.29) is 37.2 Å². The standard InChI is InChI=1S/C36H48O13/c1-14(2)33(41)49-29-27-21(12-20-13-22(38)16(4)9-23(39)26-18(6)34(42)46-24(26)10-15(20)3)35(43)47-25(27)11-17(5)28-30(48-28)31(40)36(8,44)32(29)45-19(7)37/h9,17-18,20-30,32,38-39,44H,1,3,10-13H2,2,4-8H3/b16-9+. The van der Waals surface area contributed by atoms with Crippen molar-refractivity contribution in [3.8, 4) is 0 Å². The predicted molar refractivity (Wildman–Crippen MR) is 170 cm³/mol. The second kappa shape index (κ2) is 13.7. The molecule has 3 heterocycles. The molecule has 0 aromatic carbocycles. The van der Waals surface area contributed by atoms with Crippen LogP contribution in [0.15, 0.2) is 36.0 Å². The molecule has 5 rings (SSSR count). The highest BCUT2D eigenvalue weighted by Gasteiger charge is 2.64. The number of ketones is 1. The summed E-state index contributed by atoms with van der Waals surface area (Å²) in [5.41, 5.74) is -1.38. The van der Waals surface area contributed by atoms with Crippen LogP contribution in [0.4, 0.5) is 0 Å². The van der Waals surface area contributed by atoms with Crippen LogP contribution < -0.4 is 0 Å². The van der Waals surface area contributed by atoms with E-state index in [1.165, 1.54) is 19.9 Å². The van der Waals surface area contributed by atoms with Gasteiger partial charge in [0, 0.05) is 24.8 Å². The van der Waals surface area contributed by atoms with Gasteiger partial charge < -0.3 is 39.0 Å². The molecule has 4 fully saturated rings. The van der Waals surface area contributed by atoms with Crippen LogP contribution in [-0.2, 0) is 47.7 Å². The van der Waals surface area contributed by atoms with E-state index < -0.39 is 114 Å². The lowest BCUT2D eigenvalue weighted by molar-refractivity contribution is -0.199. The Kier molecular flexibility index (Phi) is 10.3. The van der Waals surface area contributed by atoms with Crippen LogP contribution in [-0.4, -0.2) is 99.4 Å². The Bertz CT molecular complexity index is 1450. The molecule has 3 aliphatic heterocycles. The molecular weight excluding hydrogens is 640 g/mol. The maximum Gasteiger partial charge on any atom is 0.333 e. The average molecular weight is 689 g/mol. The molecular formula is C36H48O13. The first kappa shape index (κ1) is 36.9. The van der Waals surface area contributed by atoms with Gasteiger partial charge in [-0.15, -0.1) is 0 Å². The number of carbonyl (C=O) groups is 5. The first-order valence-electron chi connectivity index (χ1n) is 16.9. The van der Waals surface area contributed by atoms with Gasteiger partial charge in [0.2, 0.25) is 0 Å². The maximum absolute atomic E-state index is 13.9. The van der Waals surface area contributed by atoms with Crippen LogP contribution in [0.2, 0.25) is 0 Å². The van der Waals surface area contributed by atoms with Gasteiger partial charge in [-0.1, -0.05) is 38.7 Å². The number of hydrogen-bond donors (Lipinski definition) is 3. The van der Waals surface area contributed by atoms with Gasteiger partial charge in [-0.3, -0.25) is 19.2 Å². The van der Waals surface area contributed by atoms with Crippen LogP contribution in [0.3, 0.4) is 0 Å². The third kappa shape index (κ3) is 7.13. The third-order valence-electron chi connectivity index (χ3n) is 11.1. The van der Waals surface area contributed by atoms with Crippen LogP contribution in [0.5, 0.6) is 0 Å². The van der Waals surface area contributed by atoms with Crippen molar-refractivity contribution in [1.29, 1.82) is 0 Å². The molecule has 49 heavy (non-hydrogen) atoms. The molecule has 0 radical (unpaired) electrons. The smallest absolute Gasteiger partial charge is 0.333 e. The fourth-order valence-electron chi connectivity index (χ4n) is 8.19. The van der Waals surface area contributed by atoms with E-state index >= 15 is 0 Å². The summed E-state index contributed by atoms with van der Waals surface area (Å²) < 4.78 is 28.8. The van der Waals surface area contributed by atoms with Crippen LogP contribution in [0.25, 0.3) is 0 Å². The van der Waals surface area contributed by atoms with Gasteiger partial charge in [0.25, 0.3) is 0 Å². The van der Waals surface area contributed by atoms with Crippen molar-refractivity contribution in [2.24, 2.45) is 35.5 Å². The molecule has 5 aliphatic rings. The van der Waals surface area contributed by atoms with E-state index in [1.54, 1.807) is 13.8 Å². The van der Waals surface area contributed by atoms with Crippen molar-refractivity contribution in [3.63, 3.8) is 0 Å². The second-order valence-corrected chi connectivity index (χ2v) is 14.9. The fourth-order valence-corrected chi connectivity index (χ4v) is 8.19. The number of ether oxygens (including phenoxy) is 5. The lowest BCUT2D eigenvalue weighted by Crippen LogP contribution is -2.61. The van der Waals surface area contributed by atoms with Gasteiger partial charge in [-0.25, -0.2) is 4.79 Å². The van der Waals surface area contributed by atoms with Crippen molar-refractivity contribution >= 4 is 29.7 Å². The zero-order valence-electron chi connectivity index (χ0n) is 28.8. The maximum atomic E-state index is 13.9. The summed E-state index contributed by atoms with van der Waals surface area (Å²) in [4.78, 5) is 65.8. The minimum atomic E-state index is -2.40. The average Bonchev–Trinajstić information content (AvgIpc) is 3.68. The minimum absolute atomic E-state index is 0.00915. The molecule has 3 saturated heterocycles. The van der Waals surface area contributed by atoms with Crippen LogP contribution in [0, 0.1) is 35.5 Å². The SMILES string of the molecule is C=C(C)C(=O)OC1C2C(CC(C)C3OC3C(=O)C(C)(O)C1OC(C)=O)OC(=O)C2CC1CC(O)/C(C)=C/C(O)C2C(CC1=C)OC(=O)C2C. The summed E-state index contributed by atoms with van der Waals surface area (Å²) in [5.74, 6) is -7.77. The van der Waals surface area contributed by atoms with Crippen molar-refractivity contribution < 1.29 is 63.0 Å². The Balaban J connectivity index is 1.58. The highest BCUT2D eigenvalue weighted by molar-refractivity contribution is 5.94. The summed E-state index contributed by atoms with van der Waals surface area (Å²) in [6.07, 6.45) is -6.58. The van der Waals surface area contributed by atoms with E-state index in [0.29, 0.717) is 11.1 Å². The first-order chi connectivity index (χ1) is 22.8. The summed E-state index contributed by atoms with van der Waals surface area (Å²) in [7, 11) is 0. The van der Waals surface area contributed by atoms with Crippen molar-refractivity contribution in [3.05, 3.63) is 36.0 Å². The number of epoxide rings is 1. The topological polar surface area (TPSA) is 195 Å². The van der Waals surface area contributed by atoms with E-state index in [2.05, 4.69) is 13.2 Å². The number of esters is 4. The summed E-state index contributed by atoms with van der Waals surface area (Å²) >= 11 is 0. The van der Waals surface area contributed by atoms with E-state index in [0.717, 1.165) is 6.92 Å². The van der Waals surface area contributed by atoms with Crippen molar-refractivity contribution in [2.75, 3.05) is 0 Å². The van der Waals surface area contributed by atoms with Gasteiger partial charge in [-0.2, -0.15) is 0 Å². The lowest BCUT2D eigenvalue weighted by atomic mass is 9.70. The molecule has 270 valence electrons. The number of aliphatic hydroxyl groups is 3. The quantitative estimate of drug-likeness (QED) is 0.125. The molecule has 15 unspecified atom stereocenters. The summed E-state index contributed by atoms with van der Waals surface area (Å²) in [6.45, 7) is 16.8. The fraction of sp³-hybridized carbons (Fsp3) is 0.694. The Morgan fingerprint density at radius 3 is 2.31 bits per heavy atom. The van der Waals surface area contributed by atoms with E-state index in [1.807, 2.05) is 6.92 Å². The number of aliphatic hydroxyl groups excluding tert-OH is 2. The number of hydrogen-bond acceptors (Lipinski definition) is 13. The van der Waals surface area contributed by atoms with Gasteiger partial charge in [0.15, 0.2) is 17.5 Å². The van der Waals surface area contributed by atoms with Gasteiger partial charge in [0.1, 0.15) is 24.4 Å². The van der Waals surface area contributed by atoms with E-state index in [9.17, 15) is 39.3 Å². The molecule has 0 aromatic rings. The second-order valence-electron chi connectivity index (χ2n) is 14.9. The highest BCUT2D eigenvalue weighted by atomic mass is 16.6. The molecule has 2 aliphatic carbocycles. The summed E-state index contributed by atoms with van der Waals surface area (Å²) in [6, 6.07) is 0. The minimum Gasteiger partial charge on any atom is -0.462 e.